The first-order chi connectivity index (χ1) is 8.24. The lowest BCUT2D eigenvalue weighted by Gasteiger charge is -2.35. The summed E-state index contributed by atoms with van der Waals surface area (Å²) in [6.45, 7) is 6.21. The van der Waals surface area contributed by atoms with Crippen LogP contribution in [0.5, 0.6) is 5.75 Å². The number of nitrogens with zero attached hydrogens (tertiary/aromatic N) is 1. The second kappa shape index (κ2) is 5.71. The summed E-state index contributed by atoms with van der Waals surface area (Å²) in [6, 6.07) is 5.86. The van der Waals surface area contributed by atoms with Gasteiger partial charge in [-0.05, 0) is 12.5 Å². The number of phenolic OH excluding ortho intramolecular Hbond substituents is 1. The maximum Gasteiger partial charge on any atom is 0.138 e. The molecule has 0 aliphatic carbocycles. The highest BCUT2D eigenvalue weighted by atomic mass is 35.5. The molecule has 2 rings (SSSR count). The van der Waals surface area contributed by atoms with E-state index in [-0.39, 0.29) is 11.8 Å². The van der Waals surface area contributed by atoms with E-state index in [0.29, 0.717) is 5.02 Å². The van der Waals surface area contributed by atoms with Crippen LogP contribution in [0.2, 0.25) is 5.02 Å². The Hall–Kier alpha value is -0.770. The quantitative estimate of drug-likeness (QED) is 0.870. The minimum absolute atomic E-state index is 0.236. The van der Waals surface area contributed by atoms with Crippen LogP contribution in [0.4, 0.5) is 0 Å². The fourth-order valence-corrected chi connectivity index (χ4v) is 2.65. The van der Waals surface area contributed by atoms with Gasteiger partial charge in [-0.2, -0.15) is 0 Å². The van der Waals surface area contributed by atoms with Gasteiger partial charge >= 0.3 is 0 Å². The van der Waals surface area contributed by atoms with Crippen LogP contribution in [0.1, 0.15) is 24.9 Å². The molecule has 1 saturated heterocycles. The van der Waals surface area contributed by atoms with Gasteiger partial charge in [0, 0.05) is 37.8 Å². The summed E-state index contributed by atoms with van der Waals surface area (Å²) in [5.41, 5.74) is 0.946. The Morgan fingerprint density at radius 3 is 2.76 bits per heavy atom. The number of hydrogen-bond acceptors (Lipinski definition) is 3. The number of benzene rings is 1. The molecule has 3 nitrogen and oxygen atoms in total. The Kier molecular flexibility index (Phi) is 4.26. The molecular formula is C13H19ClN2O. The molecule has 1 aliphatic heterocycles. The third-order valence-corrected chi connectivity index (χ3v) is 3.66. The van der Waals surface area contributed by atoms with Crippen molar-refractivity contribution in [2.75, 3.05) is 26.2 Å². The van der Waals surface area contributed by atoms with Crippen LogP contribution in [0.3, 0.4) is 0 Å². The molecule has 0 spiro atoms. The van der Waals surface area contributed by atoms with Crippen LogP contribution >= 0.6 is 11.6 Å². The zero-order chi connectivity index (χ0) is 12.3. The van der Waals surface area contributed by atoms with Crippen molar-refractivity contribution in [1.82, 2.24) is 10.2 Å². The van der Waals surface area contributed by atoms with Crippen molar-refractivity contribution >= 4 is 11.6 Å². The van der Waals surface area contributed by atoms with Gasteiger partial charge in [-0.1, -0.05) is 30.7 Å². The number of phenols is 1. The van der Waals surface area contributed by atoms with Crippen LogP contribution in [-0.2, 0) is 0 Å². The molecule has 0 saturated carbocycles. The average molecular weight is 255 g/mol. The van der Waals surface area contributed by atoms with Crippen LogP contribution in [0.15, 0.2) is 18.2 Å². The standard InChI is InChI=1S/C13H19ClN2O/c1-2-12(16-8-6-15-7-9-16)10-4-3-5-11(14)13(10)17/h3-5,12,15,17H,2,6-9H2,1H3/t12-/m1/s1. The Labute approximate surface area is 107 Å². The summed E-state index contributed by atoms with van der Waals surface area (Å²) < 4.78 is 0. The van der Waals surface area contributed by atoms with Crippen LogP contribution in [0.25, 0.3) is 0 Å². The van der Waals surface area contributed by atoms with E-state index in [1.54, 1.807) is 6.07 Å². The molecule has 1 aliphatic rings. The lowest BCUT2D eigenvalue weighted by atomic mass is 10.0. The number of halogens is 1. The number of para-hydroxylation sites is 1. The maximum absolute atomic E-state index is 10.1. The summed E-state index contributed by atoms with van der Waals surface area (Å²) in [6.07, 6.45) is 0.980. The molecule has 1 atom stereocenters. The van der Waals surface area contributed by atoms with Crippen molar-refractivity contribution in [3.63, 3.8) is 0 Å². The molecule has 0 radical (unpaired) electrons. The number of aromatic hydroxyl groups is 1. The van der Waals surface area contributed by atoms with Gasteiger partial charge in [-0.15, -0.1) is 0 Å². The SMILES string of the molecule is CC[C@H](c1cccc(Cl)c1O)N1CCNCC1. The van der Waals surface area contributed by atoms with E-state index in [9.17, 15) is 5.11 Å². The lowest BCUT2D eigenvalue weighted by molar-refractivity contribution is 0.167. The second-order valence-corrected chi connectivity index (χ2v) is 4.79. The molecule has 2 N–H and O–H groups in total. The maximum atomic E-state index is 10.1. The van der Waals surface area contributed by atoms with Gasteiger partial charge in [-0.25, -0.2) is 0 Å². The molecule has 17 heavy (non-hydrogen) atoms. The predicted molar refractivity (Wildman–Crippen MR) is 70.6 cm³/mol. The van der Waals surface area contributed by atoms with Gasteiger partial charge in [0.05, 0.1) is 5.02 Å². The molecule has 0 bridgehead atoms. The topological polar surface area (TPSA) is 35.5 Å². The number of nitrogens with one attached hydrogen (secondary N) is 1. The van der Waals surface area contributed by atoms with Crippen molar-refractivity contribution in [3.8, 4) is 5.75 Å². The van der Waals surface area contributed by atoms with E-state index in [2.05, 4.69) is 17.1 Å². The van der Waals surface area contributed by atoms with E-state index in [1.807, 2.05) is 12.1 Å². The van der Waals surface area contributed by atoms with Crippen molar-refractivity contribution in [2.24, 2.45) is 0 Å². The summed E-state index contributed by atoms with van der Waals surface area (Å²) in [5.74, 6) is 0.236. The summed E-state index contributed by atoms with van der Waals surface area (Å²) in [7, 11) is 0. The fourth-order valence-electron chi connectivity index (χ4n) is 2.47. The van der Waals surface area contributed by atoms with E-state index in [0.717, 1.165) is 38.2 Å². The van der Waals surface area contributed by atoms with Gasteiger partial charge in [0.15, 0.2) is 0 Å². The molecule has 1 aromatic carbocycles. The first kappa shape index (κ1) is 12.7. The fraction of sp³-hybridized carbons (Fsp3) is 0.538. The van der Waals surface area contributed by atoms with Crippen molar-refractivity contribution in [2.45, 2.75) is 19.4 Å². The zero-order valence-corrected chi connectivity index (χ0v) is 10.9. The third kappa shape index (κ3) is 2.73. The number of piperazine rings is 1. The summed E-state index contributed by atoms with van der Waals surface area (Å²) in [4.78, 5) is 2.40. The van der Waals surface area contributed by atoms with Gasteiger partial charge in [0.25, 0.3) is 0 Å². The summed E-state index contributed by atoms with van der Waals surface area (Å²) >= 11 is 5.97. The van der Waals surface area contributed by atoms with Gasteiger partial charge in [-0.3, -0.25) is 4.90 Å². The van der Waals surface area contributed by atoms with Crippen molar-refractivity contribution < 1.29 is 5.11 Å². The first-order valence-electron chi connectivity index (χ1n) is 6.16. The Bertz CT molecular complexity index is 378. The number of rotatable bonds is 3. The van der Waals surface area contributed by atoms with E-state index < -0.39 is 0 Å². The highest BCUT2D eigenvalue weighted by Gasteiger charge is 2.23. The Morgan fingerprint density at radius 2 is 2.12 bits per heavy atom. The highest BCUT2D eigenvalue weighted by molar-refractivity contribution is 6.32. The molecule has 1 heterocycles. The third-order valence-electron chi connectivity index (χ3n) is 3.36. The molecule has 1 fully saturated rings. The van der Waals surface area contributed by atoms with E-state index in [1.165, 1.54) is 0 Å². The van der Waals surface area contributed by atoms with E-state index >= 15 is 0 Å². The Balaban J connectivity index is 2.24. The largest absolute Gasteiger partial charge is 0.506 e. The first-order valence-corrected chi connectivity index (χ1v) is 6.54. The molecule has 0 aromatic heterocycles. The van der Waals surface area contributed by atoms with Crippen molar-refractivity contribution in [1.29, 1.82) is 0 Å². The monoisotopic (exact) mass is 254 g/mol. The van der Waals surface area contributed by atoms with Gasteiger partial charge in [0.1, 0.15) is 5.75 Å². The minimum Gasteiger partial charge on any atom is -0.506 e. The number of hydrogen-bond donors (Lipinski definition) is 2. The van der Waals surface area contributed by atoms with Crippen LogP contribution in [-0.4, -0.2) is 36.2 Å². The second-order valence-electron chi connectivity index (χ2n) is 4.39. The minimum atomic E-state index is 0.236. The zero-order valence-electron chi connectivity index (χ0n) is 10.1. The Morgan fingerprint density at radius 1 is 1.41 bits per heavy atom. The van der Waals surface area contributed by atoms with Crippen LogP contribution in [0, 0.1) is 0 Å². The lowest BCUT2D eigenvalue weighted by Crippen LogP contribution is -2.45. The van der Waals surface area contributed by atoms with Crippen molar-refractivity contribution in [3.05, 3.63) is 28.8 Å². The molecule has 1 aromatic rings. The molecule has 0 unspecified atom stereocenters. The van der Waals surface area contributed by atoms with Gasteiger partial charge < -0.3 is 10.4 Å². The predicted octanol–water partition coefficient (Wildman–Crippen LogP) is 2.40. The smallest absolute Gasteiger partial charge is 0.138 e. The summed E-state index contributed by atoms with van der Waals surface area (Å²) in [5, 5.41) is 13.8. The normalized spacial score (nSPS) is 19.2. The van der Waals surface area contributed by atoms with Crippen LogP contribution < -0.4 is 5.32 Å². The molecule has 4 heteroatoms. The molecular weight excluding hydrogens is 236 g/mol. The van der Waals surface area contributed by atoms with Gasteiger partial charge in [0.2, 0.25) is 0 Å². The molecule has 0 amide bonds. The highest BCUT2D eigenvalue weighted by Crippen LogP contribution is 2.35. The average Bonchev–Trinajstić information content (AvgIpc) is 2.37. The van der Waals surface area contributed by atoms with E-state index in [4.69, 9.17) is 11.6 Å². The molecule has 94 valence electrons.